The van der Waals surface area contributed by atoms with E-state index in [9.17, 15) is 17.2 Å². The van der Waals surface area contributed by atoms with E-state index in [1.54, 1.807) is 6.92 Å². The first-order chi connectivity index (χ1) is 8.76. The minimum Gasteiger partial charge on any atom is -0.388 e. The Hall–Kier alpha value is -1.54. The predicted molar refractivity (Wildman–Crippen MR) is 67.3 cm³/mol. The van der Waals surface area contributed by atoms with Crippen LogP contribution in [0.1, 0.15) is 19.8 Å². The Labute approximate surface area is 110 Å². The van der Waals surface area contributed by atoms with Crippen LogP contribution >= 0.6 is 0 Å². The monoisotopic (exact) mass is 291 g/mol. The van der Waals surface area contributed by atoms with E-state index < -0.39 is 32.6 Å². The van der Waals surface area contributed by atoms with Gasteiger partial charge < -0.3 is 5.73 Å². The van der Waals surface area contributed by atoms with Gasteiger partial charge >= 0.3 is 0 Å². The van der Waals surface area contributed by atoms with Gasteiger partial charge in [0.15, 0.2) is 0 Å². The zero-order valence-electron chi connectivity index (χ0n) is 10.3. The van der Waals surface area contributed by atoms with Gasteiger partial charge in [-0.3, -0.25) is 5.41 Å². The Morgan fingerprint density at radius 2 is 2.11 bits per heavy atom. The van der Waals surface area contributed by atoms with Crippen molar-refractivity contribution in [2.24, 2.45) is 5.73 Å². The van der Waals surface area contributed by atoms with Crippen LogP contribution in [0.15, 0.2) is 23.1 Å². The van der Waals surface area contributed by atoms with Crippen molar-refractivity contribution in [1.82, 2.24) is 4.72 Å². The first-order valence-corrected chi connectivity index (χ1v) is 7.05. The zero-order chi connectivity index (χ0) is 14.6. The number of hydrogen-bond acceptors (Lipinski definition) is 3. The molecule has 0 radical (unpaired) electrons. The molecule has 1 atom stereocenters. The molecular formula is C11H15F2N3O2S. The fraction of sp³-hybridized carbons (Fsp3) is 0.364. The molecule has 0 saturated heterocycles. The second-order valence-corrected chi connectivity index (χ2v) is 5.71. The molecule has 0 amide bonds. The second-order valence-electron chi connectivity index (χ2n) is 4.03. The Kier molecular flexibility index (Phi) is 4.96. The van der Waals surface area contributed by atoms with Crippen molar-refractivity contribution < 1.29 is 17.2 Å². The number of sulfonamides is 1. The number of rotatable bonds is 6. The molecule has 1 unspecified atom stereocenters. The average molecular weight is 291 g/mol. The van der Waals surface area contributed by atoms with Gasteiger partial charge in [-0.05, 0) is 24.6 Å². The van der Waals surface area contributed by atoms with Crippen LogP contribution in [0.2, 0.25) is 0 Å². The predicted octanol–water partition coefficient (Wildman–Crippen LogP) is 1.35. The van der Waals surface area contributed by atoms with Crippen LogP contribution in [0.3, 0.4) is 0 Å². The molecule has 0 spiro atoms. The molecule has 0 saturated carbocycles. The van der Waals surface area contributed by atoms with Crippen molar-refractivity contribution in [3.63, 3.8) is 0 Å². The Morgan fingerprint density at radius 1 is 1.47 bits per heavy atom. The summed E-state index contributed by atoms with van der Waals surface area (Å²) in [4.78, 5) is -0.755. The van der Waals surface area contributed by atoms with E-state index >= 15 is 0 Å². The second kappa shape index (κ2) is 6.07. The van der Waals surface area contributed by atoms with Crippen molar-refractivity contribution in [3.05, 3.63) is 29.8 Å². The Morgan fingerprint density at radius 3 is 2.63 bits per heavy atom. The van der Waals surface area contributed by atoms with Crippen molar-refractivity contribution in [3.8, 4) is 0 Å². The molecule has 1 rings (SSSR count). The van der Waals surface area contributed by atoms with E-state index in [1.165, 1.54) is 0 Å². The molecule has 19 heavy (non-hydrogen) atoms. The molecule has 5 nitrogen and oxygen atoms in total. The Balaban J connectivity index is 3.03. The fourth-order valence-corrected chi connectivity index (χ4v) is 2.91. The van der Waals surface area contributed by atoms with Gasteiger partial charge in [-0.25, -0.2) is 21.9 Å². The highest BCUT2D eigenvalue weighted by Gasteiger charge is 2.23. The van der Waals surface area contributed by atoms with Crippen LogP contribution < -0.4 is 10.5 Å². The van der Waals surface area contributed by atoms with Crippen molar-refractivity contribution in [2.75, 3.05) is 0 Å². The molecule has 4 N–H and O–H groups in total. The number of hydrogen-bond donors (Lipinski definition) is 3. The van der Waals surface area contributed by atoms with Crippen LogP contribution in [-0.4, -0.2) is 20.3 Å². The number of nitrogens with two attached hydrogens (primary N) is 1. The third-order valence-electron chi connectivity index (χ3n) is 2.46. The summed E-state index contributed by atoms with van der Waals surface area (Å²) >= 11 is 0. The van der Waals surface area contributed by atoms with Crippen molar-refractivity contribution >= 4 is 15.9 Å². The molecule has 1 aromatic carbocycles. The SMILES string of the molecule is CCC(CC(=N)N)NS(=O)(=O)c1cc(F)ccc1F. The number of halogens is 2. The molecule has 0 aliphatic rings. The molecule has 1 aromatic rings. The van der Waals surface area contributed by atoms with Crippen LogP contribution in [0, 0.1) is 17.0 Å². The summed E-state index contributed by atoms with van der Waals surface area (Å²) in [6.45, 7) is 1.69. The molecule has 8 heteroatoms. The average Bonchev–Trinajstić information content (AvgIpc) is 2.30. The van der Waals surface area contributed by atoms with E-state index in [2.05, 4.69) is 4.72 Å². The molecule has 0 aliphatic heterocycles. The van der Waals surface area contributed by atoms with Gasteiger partial charge in [0.2, 0.25) is 10.0 Å². The maximum Gasteiger partial charge on any atom is 0.243 e. The lowest BCUT2D eigenvalue weighted by Crippen LogP contribution is -2.37. The highest BCUT2D eigenvalue weighted by molar-refractivity contribution is 7.89. The molecule has 0 heterocycles. The summed E-state index contributed by atoms with van der Waals surface area (Å²) in [5, 5.41) is 7.13. The van der Waals surface area contributed by atoms with Gasteiger partial charge in [-0.15, -0.1) is 0 Å². The molecule has 0 bridgehead atoms. The van der Waals surface area contributed by atoms with E-state index in [1.807, 2.05) is 0 Å². The van der Waals surface area contributed by atoms with Crippen molar-refractivity contribution in [1.29, 1.82) is 5.41 Å². The summed E-state index contributed by atoms with van der Waals surface area (Å²) < 4.78 is 52.5. The molecular weight excluding hydrogens is 276 g/mol. The topological polar surface area (TPSA) is 96.0 Å². The van der Waals surface area contributed by atoms with Crippen LogP contribution in [-0.2, 0) is 10.0 Å². The van der Waals surface area contributed by atoms with Crippen LogP contribution in [0.25, 0.3) is 0 Å². The summed E-state index contributed by atoms with van der Waals surface area (Å²) in [6.07, 6.45) is 0.377. The first-order valence-electron chi connectivity index (χ1n) is 5.56. The largest absolute Gasteiger partial charge is 0.388 e. The zero-order valence-corrected chi connectivity index (χ0v) is 11.1. The van der Waals surface area contributed by atoms with Gasteiger partial charge in [0.25, 0.3) is 0 Å². The first kappa shape index (κ1) is 15.5. The lowest BCUT2D eigenvalue weighted by Gasteiger charge is -2.16. The molecule has 0 aromatic heterocycles. The Bertz CT molecular complexity index is 575. The highest BCUT2D eigenvalue weighted by Crippen LogP contribution is 2.16. The standard InChI is InChI=1S/C11H15F2N3O2S/c1-2-8(6-11(14)15)16-19(17,18)10-5-7(12)3-4-9(10)13/h3-5,8,16H,2,6H2,1H3,(H3,14,15). The number of benzene rings is 1. The smallest absolute Gasteiger partial charge is 0.243 e. The van der Waals surface area contributed by atoms with E-state index in [0.717, 1.165) is 12.1 Å². The minimum atomic E-state index is -4.19. The summed E-state index contributed by atoms with van der Waals surface area (Å²) in [5.41, 5.74) is 5.19. The van der Waals surface area contributed by atoms with E-state index in [-0.39, 0.29) is 12.3 Å². The van der Waals surface area contributed by atoms with Gasteiger partial charge in [-0.1, -0.05) is 6.92 Å². The molecule has 0 fully saturated rings. The van der Waals surface area contributed by atoms with Gasteiger partial charge in [0.1, 0.15) is 16.5 Å². The van der Waals surface area contributed by atoms with E-state index in [4.69, 9.17) is 11.1 Å². The number of nitrogens with one attached hydrogen (secondary N) is 2. The van der Waals surface area contributed by atoms with Crippen molar-refractivity contribution in [2.45, 2.75) is 30.7 Å². The molecule has 106 valence electrons. The van der Waals surface area contributed by atoms with Crippen LogP contribution in [0.4, 0.5) is 8.78 Å². The summed E-state index contributed by atoms with van der Waals surface area (Å²) in [7, 11) is -4.19. The fourth-order valence-electron chi connectivity index (χ4n) is 1.50. The quantitative estimate of drug-likeness (QED) is 0.545. The highest BCUT2D eigenvalue weighted by atomic mass is 32.2. The van der Waals surface area contributed by atoms with Crippen LogP contribution in [0.5, 0.6) is 0 Å². The summed E-state index contributed by atoms with van der Waals surface area (Å²) in [5.74, 6) is -2.07. The third kappa shape index (κ3) is 4.25. The lowest BCUT2D eigenvalue weighted by atomic mass is 10.1. The minimum absolute atomic E-state index is 0.00661. The lowest BCUT2D eigenvalue weighted by molar-refractivity contribution is 0.526. The number of amidine groups is 1. The summed E-state index contributed by atoms with van der Waals surface area (Å²) in [6, 6.07) is 1.56. The van der Waals surface area contributed by atoms with Gasteiger partial charge in [0.05, 0.1) is 5.84 Å². The normalized spacial score (nSPS) is 13.2. The third-order valence-corrected chi connectivity index (χ3v) is 4.00. The van der Waals surface area contributed by atoms with Gasteiger partial charge in [-0.2, -0.15) is 0 Å². The maximum atomic E-state index is 13.4. The van der Waals surface area contributed by atoms with E-state index in [0.29, 0.717) is 12.5 Å². The van der Waals surface area contributed by atoms with Gasteiger partial charge in [0, 0.05) is 12.5 Å². The maximum absolute atomic E-state index is 13.4. The molecule has 0 aliphatic carbocycles.